The number of anilines is 3. The second kappa shape index (κ2) is 17.0. The average Bonchev–Trinajstić information content (AvgIpc) is 3.21. The number of aryl methyl sites for hydroxylation is 2. The minimum absolute atomic E-state index is 1.10. The van der Waals surface area contributed by atoms with Gasteiger partial charge in [-0.25, -0.2) is 0 Å². The number of para-hydroxylation sites is 1. The molecule has 0 atom stereocenters. The molecule has 0 aliphatic heterocycles. The monoisotopic (exact) mass is 681 g/mol. The summed E-state index contributed by atoms with van der Waals surface area (Å²) < 4.78 is 0. The summed E-state index contributed by atoms with van der Waals surface area (Å²) in [5.74, 6) is 0. The fraction of sp³-hybridized carbons (Fsp3) is 0.0385. The van der Waals surface area contributed by atoms with Crippen LogP contribution in [0.4, 0.5) is 17.1 Å². The zero-order valence-electron chi connectivity index (χ0n) is 30.3. The lowest BCUT2D eigenvalue weighted by Crippen LogP contribution is -2.09. The van der Waals surface area contributed by atoms with E-state index in [-0.39, 0.29) is 0 Å². The first kappa shape index (κ1) is 34.7. The summed E-state index contributed by atoms with van der Waals surface area (Å²) in [6, 6.07) is 66.7. The predicted octanol–water partition coefficient (Wildman–Crippen LogP) is 14.1. The maximum absolute atomic E-state index is 2.30. The number of nitrogens with zero attached hydrogens (tertiary/aromatic N) is 1. The number of allylic oxidation sites excluding steroid dienone is 4. The normalized spacial score (nSPS) is 11.1. The van der Waals surface area contributed by atoms with Crippen molar-refractivity contribution in [2.24, 2.45) is 0 Å². The Morgan fingerprint density at radius 3 is 1.04 bits per heavy atom. The second-order valence-electron chi connectivity index (χ2n) is 13.2. The summed E-state index contributed by atoms with van der Waals surface area (Å²) in [5, 5.41) is 0. The molecule has 0 saturated heterocycles. The third-order valence-corrected chi connectivity index (χ3v) is 9.31. The Labute approximate surface area is 314 Å². The lowest BCUT2D eigenvalue weighted by atomic mass is 9.96. The highest BCUT2D eigenvalue weighted by molar-refractivity contribution is 5.83. The number of hydrogen-bond acceptors (Lipinski definition) is 1. The van der Waals surface area contributed by atoms with Gasteiger partial charge in [-0.3, -0.25) is 0 Å². The van der Waals surface area contributed by atoms with Crippen LogP contribution in [0.5, 0.6) is 0 Å². The smallest absolute Gasteiger partial charge is 0.0462 e. The molecule has 0 unspecified atom stereocenters. The molecule has 0 aliphatic carbocycles. The van der Waals surface area contributed by atoms with Crippen LogP contribution < -0.4 is 4.90 Å². The SMILES string of the molecule is Cc1ccc(C(=CC=Cc2ccc(N(c3ccccc3)c3ccc(C=CC=C(c4ccccc4)c4ccccc4)cc3)cc2)c2ccc(C)cc2)cc1. The minimum atomic E-state index is 1.10. The van der Waals surface area contributed by atoms with Crippen molar-refractivity contribution in [3.05, 3.63) is 257 Å². The van der Waals surface area contributed by atoms with E-state index in [0.717, 1.165) is 28.2 Å². The lowest BCUT2D eigenvalue weighted by Gasteiger charge is -2.25. The van der Waals surface area contributed by atoms with Crippen LogP contribution in [-0.2, 0) is 0 Å². The van der Waals surface area contributed by atoms with Crippen molar-refractivity contribution in [2.45, 2.75) is 13.8 Å². The highest BCUT2D eigenvalue weighted by Crippen LogP contribution is 2.35. The molecule has 0 heterocycles. The lowest BCUT2D eigenvalue weighted by molar-refractivity contribution is 1.28. The van der Waals surface area contributed by atoms with Crippen LogP contribution in [-0.4, -0.2) is 0 Å². The van der Waals surface area contributed by atoms with E-state index in [1.807, 2.05) is 0 Å². The van der Waals surface area contributed by atoms with Gasteiger partial charge in [-0.15, -0.1) is 0 Å². The topological polar surface area (TPSA) is 3.24 Å². The van der Waals surface area contributed by atoms with Gasteiger partial charge in [0.2, 0.25) is 0 Å². The third kappa shape index (κ3) is 8.97. The summed E-state index contributed by atoms with van der Waals surface area (Å²) in [6.45, 7) is 4.25. The predicted molar refractivity (Wildman–Crippen MR) is 229 cm³/mol. The number of benzene rings is 7. The number of rotatable bonds is 11. The van der Waals surface area contributed by atoms with Crippen molar-refractivity contribution in [1.29, 1.82) is 0 Å². The zero-order valence-corrected chi connectivity index (χ0v) is 30.3. The van der Waals surface area contributed by atoms with Gasteiger partial charge >= 0.3 is 0 Å². The Hall–Kier alpha value is -6.70. The standard InChI is InChI=1S/C52H43N/c1-40-24-32-46(33-25-40)52(47-34-26-41(2)27-35-47)23-13-15-43-30-38-50(39-31-43)53(48-20-10-5-11-21-48)49-36-28-42(29-37-49)14-12-22-51(44-16-6-3-7-17-44)45-18-8-4-9-19-45/h3-39H,1-2H3. The van der Waals surface area contributed by atoms with E-state index in [4.69, 9.17) is 0 Å². The Morgan fingerprint density at radius 1 is 0.340 bits per heavy atom. The molecule has 256 valence electrons. The van der Waals surface area contributed by atoms with Gasteiger partial charge < -0.3 is 4.90 Å². The van der Waals surface area contributed by atoms with E-state index in [1.54, 1.807) is 0 Å². The van der Waals surface area contributed by atoms with Crippen LogP contribution in [0.2, 0.25) is 0 Å². The first-order chi connectivity index (χ1) is 26.1. The van der Waals surface area contributed by atoms with E-state index >= 15 is 0 Å². The molecule has 0 aromatic heterocycles. The van der Waals surface area contributed by atoms with Crippen molar-refractivity contribution >= 4 is 40.4 Å². The average molecular weight is 682 g/mol. The van der Waals surface area contributed by atoms with Gasteiger partial charge in [-0.2, -0.15) is 0 Å². The molecular weight excluding hydrogens is 639 g/mol. The summed E-state index contributed by atoms with van der Waals surface area (Å²) >= 11 is 0. The van der Waals surface area contributed by atoms with Crippen LogP contribution in [0.25, 0.3) is 23.3 Å². The summed E-state index contributed by atoms with van der Waals surface area (Å²) in [4.78, 5) is 2.30. The summed E-state index contributed by atoms with van der Waals surface area (Å²) in [6.07, 6.45) is 13.1. The third-order valence-electron chi connectivity index (χ3n) is 9.31. The van der Waals surface area contributed by atoms with Crippen LogP contribution in [0.1, 0.15) is 44.5 Å². The van der Waals surface area contributed by atoms with Crippen LogP contribution in [0.15, 0.2) is 212 Å². The molecule has 7 rings (SSSR count). The van der Waals surface area contributed by atoms with Crippen molar-refractivity contribution in [3.8, 4) is 0 Å². The molecule has 0 bridgehead atoms. The van der Waals surface area contributed by atoms with Gasteiger partial charge in [0.25, 0.3) is 0 Å². The summed E-state index contributed by atoms with van der Waals surface area (Å²) in [5.41, 5.74) is 15.3. The van der Waals surface area contributed by atoms with Crippen LogP contribution >= 0.6 is 0 Å². The molecule has 0 N–H and O–H groups in total. The molecule has 1 heteroatoms. The molecule has 53 heavy (non-hydrogen) atoms. The fourth-order valence-corrected chi connectivity index (χ4v) is 6.42. The van der Waals surface area contributed by atoms with Crippen molar-refractivity contribution in [2.75, 3.05) is 4.90 Å². The molecule has 0 radical (unpaired) electrons. The quantitative estimate of drug-likeness (QED) is 0.123. The molecule has 0 spiro atoms. The Bertz CT molecular complexity index is 2240. The number of hydrogen-bond donors (Lipinski definition) is 0. The maximum atomic E-state index is 2.30. The fourth-order valence-electron chi connectivity index (χ4n) is 6.42. The molecule has 0 amide bonds. The van der Waals surface area contributed by atoms with Crippen molar-refractivity contribution in [1.82, 2.24) is 0 Å². The Kier molecular flexibility index (Phi) is 11.1. The van der Waals surface area contributed by atoms with E-state index < -0.39 is 0 Å². The molecule has 7 aromatic rings. The van der Waals surface area contributed by atoms with Gasteiger partial charge in [-0.05, 0) is 94.8 Å². The van der Waals surface area contributed by atoms with Crippen molar-refractivity contribution in [3.63, 3.8) is 0 Å². The highest BCUT2D eigenvalue weighted by atomic mass is 15.1. The molecular formula is C52H43N. The maximum Gasteiger partial charge on any atom is 0.0462 e. The molecule has 0 saturated carbocycles. The molecule has 0 fully saturated rings. The zero-order chi connectivity index (χ0) is 36.2. The highest BCUT2D eigenvalue weighted by Gasteiger charge is 2.12. The van der Waals surface area contributed by atoms with Gasteiger partial charge in [0.05, 0.1) is 0 Å². The minimum Gasteiger partial charge on any atom is -0.311 e. The first-order valence-corrected chi connectivity index (χ1v) is 18.2. The van der Waals surface area contributed by atoms with Crippen LogP contribution in [0.3, 0.4) is 0 Å². The van der Waals surface area contributed by atoms with E-state index in [9.17, 15) is 0 Å². The molecule has 1 nitrogen and oxygen atoms in total. The van der Waals surface area contributed by atoms with Gasteiger partial charge in [-0.1, -0.05) is 199 Å². The largest absolute Gasteiger partial charge is 0.311 e. The van der Waals surface area contributed by atoms with E-state index in [2.05, 4.69) is 243 Å². The first-order valence-electron chi connectivity index (χ1n) is 18.2. The Morgan fingerprint density at radius 2 is 0.660 bits per heavy atom. The van der Waals surface area contributed by atoms with Gasteiger partial charge in [0.1, 0.15) is 0 Å². The van der Waals surface area contributed by atoms with E-state index in [1.165, 1.54) is 44.5 Å². The van der Waals surface area contributed by atoms with Crippen molar-refractivity contribution < 1.29 is 0 Å². The van der Waals surface area contributed by atoms with Gasteiger partial charge in [0.15, 0.2) is 0 Å². The Balaban J connectivity index is 1.12. The second-order valence-corrected chi connectivity index (χ2v) is 13.2. The van der Waals surface area contributed by atoms with Gasteiger partial charge in [0, 0.05) is 17.1 Å². The summed E-state index contributed by atoms with van der Waals surface area (Å²) in [7, 11) is 0. The van der Waals surface area contributed by atoms with E-state index in [0.29, 0.717) is 0 Å². The molecule has 0 aliphatic rings. The van der Waals surface area contributed by atoms with Crippen LogP contribution in [0, 0.1) is 13.8 Å². The molecule has 7 aromatic carbocycles.